The minimum Gasteiger partial charge on any atom is -0.394 e. The molecule has 1 heterocycles. The number of aliphatic hydroxyl groups excluding tert-OH is 1. The molecule has 1 aromatic heterocycles. The van der Waals surface area contributed by atoms with Crippen LogP contribution in [0.2, 0.25) is 0 Å². The maximum absolute atomic E-state index is 9.44. The van der Waals surface area contributed by atoms with Crippen LogP contribution in [0, 0.1) is 0 Å². The third-order valence-electron chi connectivity index (χ3n) is 3.42. The van der Waals surface area contributed by atoms with E-state index in [9.17, 15) is 5.11 Å². The third kappa shape index (κ3) is 3.30. The lowest BCUT2D eigenvalue weighted by molar-refractivity contribution is 0.228. The quantitative estimate of drug-likeness (QED) is 0.791. The summed E-state index contributed by atoms with van der Waals surface area (Å²) in [4.78, 5) is 0. The zero-order valence-electron chi connectivity index (χ0n) is 9.69. The normalized spacial score (nSPS) is 20.6. The van der Waals surface area contributed by atoms with Crippen LogP contribution in [0.3, 0.4) is 0 Å². The Hall–Kier alpha value is -0.380. The lowest BCUT2D eigenvalue weighted by atomic mass is 10.1. The summed E-state index contributed by atoms with van der Waals surface area (Å²) in [6.45, 7) is 0.202. The highest BCUT2D eigenvalue weighted by Gasteiger charge is 2.17. The Morgan fingerprint density at radius 2 is 2.06 bits per heavy atom. The average molecular weight is 239 g/mol. The maximum Gasteiger partial charge on any atom is 0.0626 e. The number of hydrogen-bond donors (Lipinski definition) is 2. The lowest BCUT2D eigenvalue weighted by Gasteiger charge is -2.23. The predicted octanol–water partition coefficient (Wildman–Crippen LogP) is 3.09. The van der Waals surface area contributed by atoms with Crippen LogP contribution in [0.4, 0.5) is 0 Å². The second-order valence-electron chi connectivity index (χ2n) is 4.65. The number of thiophene rings is 1. The molecule has 0 radical (unpaired) electrons. The van der Waals surface area contributed by atoms with E-state index in [-0.39, 0.29) is 12.6 Å². The van der Waals surface area contributed by atoms with Crippen molar-refractivity contribution in [2.45, 2.75) is 50.6 Å². The summed E-state index contributed by atoms with van der Waals surface area (Å²) in [6, 6.07) is 2.84. The van der Waals surface area contributed by atoms with Gasteiger partial charge in [0.15, 0.2) is 0 Å². The molecule has 3 heteroatoms. The van der Waals surface area contributed by atoms with Gasteiger partial charge in [-0.05, 0) is 35.2 Å². The zero-order chi connectivity index (χ0) is 11.2. The number of aliphatic hydroxyl groups is 1. The molecule has 0 saturated heterocycles. The van der Waals surface area contributed by atoms with E-state index in [1.165, 1.54) is 44.1 Å². The molecule has 1 atom stereocenters. The molecule has 0 aromatic carbocycles. The first-order valence-corrected chi connectivity index (χ1v) is 7.23. The Labute approximate surface area is 102 Å². The molecule has 1 aliphatic rings. The molecule has 2 nitrogen and oxygen atoms in total. The number of rotatable bonds is 4. The van der Waals surface area contributed by atoms with Gasteiger partial charge in [-0.25, -0.2) is 0 Å². The summed E-state index contributed by atoms with van der Waals surface area (Å²) in [5, 5.41) is 17.3. The molecule has 1 fully saturated rings. The van der Waals surface area contributed by atoms with Gasteiger partial charge in [0.1, 0.15) is 0 Å². The van der Waals surface area contributed by atoms with E-state index >= 15 is 0 Å². The third-order valence-corrected chi connectivity index (χ3v) is 4.12. The zero-order valence-corrected chi connectivity index (χ0v) is 10.5. The van der Waals surface area contributed by atoms with Gasteiger partial charge < -0.3 is 10.4 Å². The molecule has 16 heavy (non-hydrogen) atoms. The van der Waals surface area contributed by atoms with Gasteiger partial charge in [-0.2, -0.15) is 11.3 Å². The highest BCUT2D eigenvalue weighted by molar-refractivity contribution is 7.07. The first-order valence-electron chi connectivity index (χ1n) is 6.29. The van der Waals surface area contributed by atoms with Crippen molar-refractivity contribution in [3.63, 3.8) is 0 Å². The van der Waals surface area contributed by atoms with Crippen LogP contribution in [-0.4, -0.2) is 17.8 Å². The Morgan fingerprint density at radius 1 is 1.31 bits per heavy atom. The van der Waals surface area contributed by atoms with Crippen LogP contribution < -0.4 is 5.32 Å². The SMILES string of the molecule is OCC(NC1CCCCCC1)c1ccsc1. The van der Waals surface area contributed by atoms with Crippen molar-refractivity contribution in [1.82, 2.24) is 5.32 Å². The van der Waals surface area contributed by atoms with E-state index in [4.69, 9.17) is 0 Å². The van der Waals surface area contributed by atoms with Crippen LogP contribution in [0.15, 0.2) is 16.8 Å². The highest BCUT2D eigenvalue weighted by Crippen LogP contribution is 2.22. The van der Waals surface area contributed by atoms with E-state index in [0.29, 0.717) is 6.04 Å². The first-order chi connectivity index (χ1) is 7.90. The molecule has 1 aliphatic carbocycles. The topological polar surface area (TPSA) is 32.3 Å². The van der Waals surface area contributed by atoms with Crippen LogP contribution in [0.25, 0.3) is 0 Å². The van der Waals surface area contributed by atoms with E-state index < -0.39 is 0 Å². The van der Waals surface area contributed by atoms with Crippen molar-refractivity contribution < 1.29 is 5.11 Å². The van der Waals surface area contributed by atoms with Crippen LogP contribution >= 0.6 is 11.3 Å². The minimum absolute atomic E-state index is 0.134. The van der Waals surface area contributed by atoms with Crippen molar-refractivity contribution in [2.75, 3.05) is 6.61 Å². The van der Waals surface area contributed by atoms with Crippen LogP contribution in [-0.2, 0) is 0 Å². The molecular weight excluding hydrogens is 218 g/mol. The Balaban J connectivity index is 1.90. The molecule has 0 amide bonds. The molecule has 2 rings (SSSR count). The number of hydrogen-bond acceptors (Lipinski definition) is 3. The molecule has 0 spiro atoms. The monoisotopic (exact) mass is 239 g/mol. The summed E-state index contributed by atoms with van der Waals surface area (Å²) in [6.07, 6.45) is 7.95. The van der Waals surface area contributed by atoms with Gasteiger partial charge in [-0.3, -0.25) is 0 Å². The van der Waals surface area contributed by atoms with E-state index in [0.717, 1.165) is 0 Å². The first kappa shape index (κ1) is 12.1. The Kier molecular flexibility index (Phi) is 4.82. The van der Waals surface area contributed by atoms with Gasteiger partial charge in [0.2, 0.25) is 0 Å². The van der Waals surface area contributed by atoms with Gasteiger partial charge in [0.05, 0.1) is 12.6 Å². The second-order valence-corrected chi connectivity index (χ2v) is 5.43. The van der Waals surface area contributed by atoms with Crippen molar-refractivity contribution in [3.8, 4) is 0 Å². The largest absolute Gasteiger partial charge is 0.394 e. The van der Waals surface area contributed by atoms with Crippen LogP contribution in [0.5, 0.6) is 0 Å². The van der Waals surface area contributed by atoms with Gasteiger partial charge in [-0.1, -0.05) is 25.7 Å². The van der Waals surface area contributed by atoms with Crippen LogP contribution in [0.1, 0.15) is 50.1 Å². The summed E-state index contributed by atoms with van der Waals surface area (Å²) >= 11 is 1.70. The average Bonchev–Trinajstić information content (AvgIpc) is 2.71. The fourth-order valence-electron chi connectivity index (χ4n) is 2.46. The predicted molar refractivity (Wildman–Crippen MR) is 68.8 cm³/mol. The molecule has 1 unspecified atom stereocenters. The second kappa shape index (κ2) is 6.38. The van der Waals surface area contributed by atoms with Crippen molar-refractivity contribution in [3.05, 3.63) is 22.4 Å². The van der Waals surface area contributed by atoms with E-state index in [2.05, 4.69) is 22.1 Å². The number of nitrogens with one attached hydrogen (secondary N) is 1. The molecule has 0 aliphatic heterocycles. The summed E-state index contributed by atoms with van der Waals surface area (Å²) in [5.74, 6) is 0. The molecule has 90 valence electrons. The standard InChI is InChI=1S/C13H21NOS/c15-9-13(11-7-8-16-10-11)14-12-5-3-1-2-4-6-12/h7-8,10,12-15H,1-6,9H2. The summed E-state index contributed by atoms with van der Waals surface area (Å²) in [7, 11) is 0. The fourth-order valence-corrected chi connectivity index (χ4v) is 3.17. The lowest BCUT2D eigenvalue weighted by Crippen LogP contribution is -2.34. The van der Waals surface area contributed by atoms with Gasteiger partial charge >= 0.3 is 0 Å². The Bertz CT molecular complexity index is 278. The molecule has 0 bridgehead atoms. The summed E-state index contributed by atoms with van der Waals surface area (Å²) in [5.41, 5.74) is 1.23. The summed E-state index contributed by atoms with van der Waals surface area (Å²) < 4.78 is 0. The maximum atomic E-state index is 9.44. The van der Waals surface area contributed by atoms with Gasteiger partial charge in [0.25, 0.3) is 0 Å². The fraction of sp³-hybridized carbons (Fsp3) is 0.692. The van der Waals surface area contributed by atoms with Crippen molar-refractivity contribution in [2.24, 2.45) is 0 Å². The van der Waals surface area contributed by atoms with Crippen molar-refractivity contribution >= 4 is 11.3 Å². The van der Waals surface area contributed by atoms with Gasteiger partial charge in [0, 0.05) is 6.04 Å². The van der Waals surface area contributed by atoms with E-state index in [1.54, 1.807) is 11.3 Å². The smallest absolute Gasteiger partial charge is 0.0626 e. The molecule has 1 saturated carbocycles. The van der Waals surface area contributed by atoms with E-state index in [1.807, 2.05) is 0 Å². The molecule has 1 aromatic rings. The molecular formula is C13H21NOS. The molecule has 2 N–H and O–H groups in total. The van der Waals surface area contributed by atoms with Gasteiger partial charge in [-0.15, -0.1) is 0 Å². The van der Waals surface area contributed by atoms with Crippen molar-refractivity contribution in [1.29, 1.82) is 0 Å². The minimum atomic E-state index is 0.134. The highest BCUT2D eigenvalue weighted by atomic mass is 32.1. The Morgan fingerprint density at radius 3 is 2.62 bits per heavy atom.